The molecule has 2 nitrogen and oxygen atoms in total. The van der Waals surface area contributed by atoms with Gasteiger partial charge in [-0.2, -0.15) is 0 Å². The minimum atomic E-state index is -2.41. The van der Waals surface area contributed by atoms with Gasteiger partial charge in [0.05, 0.1) is 6.61 Å². The molecule has 0 aliphatic rings. The molecule has 17 heavy (non-hydrogen) atoms. The molecule has 0 fully saturated rings. The van der Waals surface area contributed by atoms with Crippen molar-refractivity contribution in [2.24, 2.45) is 0 Å². The highest BCUT2D eigenvalue weighted by Crippen LogP contribution is 2.37. The van der Waals surface area contributed by atoms with Crippen LogP contribution >= 0.6 is 6.49 Å². The van der Waals surface area contributed by atoms with Crippen molar-refractivity contribution in [3.63, 3.8) is 0 Å². The van der Waals surface area contributed by atoms with Crippen molar-refractivity contribution < 1.29 is 9.42 Å². The first-order valence-electron chi connectivity index (χ1n) is 7.01. The summed E-state index contributed by atoms with van der Waals surface area (Å²) in [6, 6.07) is 0. The molecule has 1 unspecified atom stereocenters. The maximum Gasteiger partial charge on any atom is 0.183 e. The van der Waals surface area contributed by atoms with Gasteiger partial charge in [-0.05, 0) is 18.2 Å². The van der Waals surface area contributed by atoms with Gasteiger partial charge in [-0.1, -0.05) is 64.7 Å². The highest BCUT2D eigenvalue weighted by atomic mass is 32.5. The third kappa shape index (κ3) is 16.6. The molecule has 4 heteroatoms. The zero-order valence-electron chi connectivity index (χ0n) is 11.5. The summed E-state index contributed by atoms with van der Waals surface area (Å²) in [5, 5.41) is 0. The van der Waals surface area contributed by atoms with E-state index in [2.05, 4.69) is 6.92 Å². The van der Waals surface area contributed by atoms with E-state index in [9.17, 15) is 4.89 Å². The van der Waals surface area contributed by atoms with E-state index in [0.29, 0.717) is 6.61 Å². The Kier molecular flexibility index (Phi) is 12.0. The lowest BCUT2D eigenvalue weighted by Crippen LogP contribution is -1.91. The summed E-state index contributed by atoms with van der Waals surface area (Å²) in [5.41, 5.74) is 0. The summed E-state index contributed by atoms with van der Waals surface area (Å²) < 4.78 is 5.18. The van der Waals surface area contributed by atoms with Crippen LogP contribution < -0.4 is 0 Å². The van der Waals surface area contributed by atoms with Crippen molar-refractivity contribution in [3.05, 3.63) is 0 Å². The molecule has 0 aromatic rings. The average molecular weight is 280 g/mol. The zero-order chi connectivity index (χ0) is 13.0. The van der Waals surface area contributed by atoms with E-state index in [0.717, 1.165) is 6.42 Å². The molecule has 0 aliphatic heterocycles. The Hall–Kier alpha value is 0.570. The fraction of sp³-hybridized carbons (Fsp3) is 1.00. The molecule has 0 spiro atoms. The van der Waals surface area contributed by atoms with Crippen LogP contribution in [0.4, 0.5) is 0 Å². The maximum absolute atomic E-state index is 9.26. The Labute approximate surface area is 112 Å². The predicted octanol–water partition coefficient (Wildman–Crippen LogP) is 4.86. The number of hydrogen-bond donors (Lipinski definition) is 1. The summed E-state index contributed by atoms with van der Waals surface area (Å²) in [6.45, 7) is 2.08. The Morgan fingerprint density at radius 1 is 0.882 bits per heavy atom. The highest BCUT2D eigenvalue weighted by Gasteiger charge is 2.02. The second-order valence-corrected chi connectivity index (χ2v) is 8.71. The van der Waals surface area contributed by atoms with Gasteiger partial charge in [0, 0.05) is 6.66 Å². The molecule has 0 aliphatic carbocycles. The van der Waals surface area contributed by atoms with Crippen LogP contribution in [0.5, 0.6) is 0 Å². The zero-order valence-corrected chi connectivity index (χ0v) is 13.2. The van der Waals surface area contributed by atoms with Crippen molar-refractivity contribution in [2.45, 2.75) is 71.1 Å². The smallest absolute Gasteiger partial charge is 0.183 e. The summed E-state index contributed by atoms with van der Waals surface area (Å²) >= 11 is 4.80. The lowest BCUT2D eigenvalue weighted by atomic mass is 10.1. The van der Waals surface area contributed by atoms with Gasteiger partial charge in [0.2, 0.25) is 0 Å². The standard InChI is InChI=1S/C13H29O2PS/c1-3-4-5-6-7-8-9-10-11-12-13-15-16(2,14)17/h3-13H2,1-2H3,(H,14,17). The normalized spacial score (nSPS) is 14.8. The molecule has 0 saturated carbocycles. The third-order valence-electron chi connectivity index (χ3n) is 2.83. The van der Waals surface area contributed by atoms with E-state index in [4.69, 9.17) is 16.3 Å². The van der Waals surface area contributed by atoms with E-state index in [1.54, 1.807) is 6.66 Å². The largest absolute Gasteiger partial charge is 0.345 e. The molecule has 0 aromatic carbocycles. The van der Waals surface area contributed by atoms with Gasteiger partial charge in [0.1, 0.15) is 0 Å². The summed E-state index contributed by atoms with van der Waals surface area (Å²) in [7, 11) is 0. The van der Waals surface area contributed by atoms with Gasteiger partial charge >= 0.3 is 0 Å². The first kappa shape index (κ1) is 17.6. The molecular formula is C13H29O2PS. The van der Waals surface area contributed by atoms with Crippen LogP contribution in [0.2, 0.25) is 0 Å². The number of unbranched alkanes of at least 4 members (excludes halogenated alkanes) is 9. The summed E-state index contributed by atoms with van der Waals surface area (Å²) in [6.07, 6.45) is 13.1. The van der Waals surface area contributed by atoms with Crippen LogP contribution in [-0.4, -0.2) is 18.2 Å². The first-order chi connectivity index (χ1) is 8.06. The molecule has 0 rings (SSSR count). The van der Waals surface area contributed by atoms with E-state index in [1.165, 1.54) is 57.8 Å². The van der Waals surface area contributed by atoms with Gasteiger partial charge in [-0.3, -0.25) is 0 Å². The molecule has 104 valence electrons. The van der Waals surface area contributed by atoms with Crippen LogP contribution in [-0.2, 0) is 16.3 Å². The Morgan fingerprint density at radius 3 is 1.71 bits per heavy atom. The molecule has 0 radical (unpaired) electrons. The third-order valence-corrected chi connectivity index (χ3v) is 3.81. The predicted molar refractivity (Wildman–Crippen MR) is 80.2 cm³/mol. The fourth-order valence-corrected chi connectivity index (χ4v) is 2.51. The van der Waals surface area contributed by atoms with Crippen molar-refractivity contribution in [3.8, 4) is 0 Å². The van der Waals surface area contributed by atoms with Crippen LogP contribution in [0.15, 0.2) is 0 Å². The van der Waals surface area contributed by atoms with Crippen LogP contribution in [0.25, 0.3) is 0 Å². The number of rotatable bonds is 12. The van der Waals surface area contributed by atoms with Gasteiger partial charge in [-0.25, -0.2) is 0 Å². The minimum Gasteiger partial charge on any atom is -0.345 e. The summed E-state index contributed by atoms with van der Waals surface area (Å²) in [5.74, 6) is 0. The Balaban J connectivity index is 3.01. The fourth-order valence-electron chi connectivity index (χ4n) is 1.82. The van der Waals surface area contributed by atoms with E-state index >= 15 is 0 Å². The van der Waals surface area contributed by atoms with Crippen molar-refractivity contribution in [1.29, 1.82) is 0 Å². The monoisotopic (exact) mass is 280 g/mol. The quantitative estimate of drug-likeness (QED) is 0.409. The molecule has 0 heterocycles. The molecule has 1 N–H and O–H groups in total. The Morgan fingerprint density at radius 2 is 1.29 bits per heavy atom. The van der Waals surface area contributed by atoms with Gasteiger partial charge in [0.15, 0.2) is 6.49 Å². The topological polar surface area (TPSA) is 29.5 Å². The highest BCUT2D eigenvalue weighted by molar-refractivity contribution is 8.09. The van der Waals surface area contributed by atoms with Gasteiger partial charge in [-0.15, -0.1) is 0 Å². The Bertz CT molecular complexity index is 204. The second-order valence-electron chi connectivity index (χ2n) is 4.82. The molecule has 0 saturated heterocycles. The SMILES string of the molecule is CCCCCCCCCCCCOP(C)(O)=S. The van der Waals surface area contributed by atoms with E-state index in [1.807, 2.05) is 0 Å². The average Bonchev–Trinajstić information content (AvgIpc) is 2.24. The second kappa shape index (κ2) is 11.6. The van der Waals surface area contributed by atoms with Crippen molar-refractivity contribution in [2.75, 3.05) is 13.3 Å². The molecule has 1 atom stereocenters. The maximum atomic E-state index is 9.26. The molecule has 0 bridgehead atoms. The lowest BCUT2D eigenvalue weighted by molar-refractivity contribution is 0.299. The van der Waals surface area contributed by atoms with Crippen LogP contribution in [0.3, 0.4) is 0 Å². The van der Waals surface area contributed by atoms with Gasteiger partial charge < -0.3 is 9.42 Å². The van der Waals surface area contributed by atoms with Gasteiger partial charge in [0.25, 0.3) is 0 Å². The minimum absolute atomic E-state index is 0.626. The summed E-state index contributed by atoms with van der Waals surface area (Å²) in [4.78, 5) is 9.26. The first-order valence-corrected chi connectivity index (χ1v) is 10.1. The molecule has 0 aromatic heterocycles. The van der Waals surface area contributed by atoms with Crippen molar-refractivity contribution in [1.82, 2.24) is 0 Å². The van der Waals surface area contributed by atoms with Crippen molar-refractivity contribution >= 4 is 18.3 Å². The lowest BCUT2D eigenvalue weighted by Gasteiger charge is -2.09. The molecular weight excluding hydrogens is 251 g/mol. The number of hydrogen-bond acceptors (Lipinski definition) is 2. The molecule has 0 amide bonds. The van der Waals surface area contributed by atoms with Crippen LogP contribution in [0.1, 0.15) is 71.1 Å². The van der Waals surface area contributed by atoms with Crippen LogP contribution in [0, 0.1) is 0 Å². The van der Waals surface area contributed by atoms with E-state index in [-0.39, 0.29) is 0 Å². The van der Waals surface area contributed by atoms with E-state index < -0.39 is 6.49 Å².